The minimum Gasteiger partial charge on any atom is -0.473 e. The average Bonchev–Trinajstić information content (AvgIpc) is 2.90. The van der Waals surface area contributed by atoms with Crippen LogP contribution in [-0.2, 0) is 4.79 Å². The van der Waals surface area contributed by atoms with E-state index >= 15 is 0 Å². The lowest BCUT2D eigenvalue weighted by atomic mass is 10.2. The number of carbonyl (C=O) groups excluding carboxylic acids is 1. The molecule has 1 heterocycles. The number of likely N-dealkylation sites (N-methyl/N-ethyl adjacent to an activating group) is 1. The predicted octanol–water partition coefficient (Wildman–Crippen LogP) is 2.17. The molecule has 0 bridgehead atoms. The van der Waals surface area contributed by atoms with E-state index in [0.29, 0.717) is 11.4 Å². The van der Waals surface area contributed by atoms with Crippen molar-refractivity contribution in [3.8, 4) is 5.75 Å². The van der Waals surface area contributed by atoms with Crippen LogP contribution in [0.15, 0.2) is 34.1 Å². The summed E-state index contributed by atoms with van der Waals surface area (Å²) in [6, 6.07) is 7.33. The van der Waals surface area contributed by atoms with Crippen molar-refractivity contribution in [2.24, 2.45) is 0 Å². The average molecular weight is 328 g/mol. The first-order chi connectivity index (χ1) is 8.72. The second-order valence-corrected chi connectivity index (χ2v) is 4.84. The number of rotatable bonds is 4. The Labute approximate surface area is 116 Å². The van der Waals surface area contributed by atoms with E-state index in [-0.39, 0.29) is 5.91 Å². The molecule has 0 aliphatic heterocycles. The van der Waals surface area contributed by atoms with E-state index in [0.717, 1.165) is 4.47 Å². The van der Waals surface area contributed by atoms with Crippen molar-refractivity contribution in [3.63, 3.8) is 0 Å². The minimum atomic E-state index is -0.799. The second-order valence-electron chi connectivity index (χ2n) is 3.37. The molecular weight excluding hydrogens is 318 g/mol. The first-order valence-electron chi connectivity index (χ1n) is 5.12. The van der Waals surface area contributed by atoms with Gasteiger partial charge >= 0.3 is 0 Å². The molecule has 2 aromatic rings. The lowest BCUT2D eigenvalue weighted by molar-refractivity contribution is -0.127. The molecule has 0 saturated carbocycles. The van der Waals surface area contributed by atoms with E-state index in [4.69, 9.17) is 4.74 Å². The molecule has 1 amide bonds. The fourth-order valence-electron chi connectivity index (χ4n) is 1.33. The van der Waals surface area contributed by atoms with E-state index in [1.807, 2.05) is 18.2 Å². The third kappa shape index (κ3) is 2.85. The Kier molecular flexibility index (Phi) is 4.27. The zero-order valence-electron chi connectivity index (χ0n) is 9.46. The molecule has 0 fully saturated rings. The van der Waals surface area contributed by atoms with Crippen molar-refractivity contribution in [2.45, 2.75) is 6.10 Å². The van der Waals surface area contributed by atoms with Crippen LogP contribution in [0.2, 0.25) is 0 Å². The number of halogens is 1. The lowest BCUT2D eigenvalue weighted by Gasteiger charge is -2.16. The van der Waals surface area contributed by atoms with E-state index in [1.54, 1.807) is 18.5 Å². The molecule has 0 aliphatic carbocycles. The van der Waals surface area contributed by atoms with Gasteiger partial charge in [-0.15, -0.1) is 5.10 Å². The summed E-state index contributed by atoms with van der Waals surface area (Å²) in [5.41, 5.74) is 0.495. The molecular formula is C11H10BrN3O2S. The topological polar surface area (TPSA) is 64.1 Å². The maximum Gasteiger partial charge on any atom is 0.267 e. The maximum absolute atomic E-state index is 11.8. The summed E-state index contributed by atoms with van der Waals surface area (Å²) in [5, 5.41) is 8.12. The van der Waals surface area contributed by atoms with E-state index < -0.39 is 6.10 Å². The number of amides is 1. The molecule has 2 rings (SSSR count). The monoisotopic (exact) mass is 327 g/mol. The predicted molar refractivity (Wildman–Crippen MR) is 71.5 cm³/mol. The Bertz CT molecular complexity index is 533. The SMILES string of the molecule is CNC(=O)C(Oc1ccccc1Br)c1csnn1. The smallest absolute Gasteiger partial charge is 0.267 e. The van der Waals surface area contributed by atoms with Crippen LogP contribution >= 0.6 is 27.5 Å². The number of carbonyl (C=O) groups is 1. The van der Waals surface area contributed by atoms with Crippen molar-refractivity contribution in [1.82, 2.24) is 14.9 Å². The van der Waals surface area contributed by atoms with Crippen LogP contribution in [0, 0.1) is 0 Å². The number of nitrogens with zero attached hydrogens (tertiary/aromatic N) is 2. The largest absolute Gasteiger partial charge is 0.473 e. The lowest BCUT2D eigenvalue weighted by Crippen LogP contribution is -2.29. The Morgan fingerprint density at radius 2 is 2.28 bits per heavy atom. The van der Waals surface area contributed by atoms with Crippen LogP contribution in [0.25, 0.3) is 0 Å². The van der Waals surface area contributed by atoms with Gasteiger partial charge in [-0.05, 0) is 39.6 Å². The van der Waals surface area contributed by atoms with Crippen LogP contribution in [0.3, 0.4) is 0 Å². The van der Waals surface area contributed by atoms with Gasteiger partial charge in [0.25, 0.3) is 5.91 Å². The molecule has 7 heteroatoms. The van der Waals surface area contributed by atoms with Crippen molar-refractivity contribution < 1.29 is 9.53 Å². The number of hydrogen-bond donors (Lipinski definition) is 1. The van der Waals surface area contributed by atoms with Gasteiger partial charge in [-0.3, -0.25) is 4.79 Å². The molecule has 1 aromatic heterocycles. The Hall–Kier alpha value is -1.47. The maximum atomic E-state index is 11.8. The van der Waals surface area contributed by atoms with Crippen LogP contribution in [-0.4, -0.2) is 22.5 Å². The Morgan fingerprint density at radius 1 is 1.50 bits per heavy atom. The number of aromatic nitrogens is 2. The van der Waals surface area contributed by atoms with Gasteiger partial charge in [-0.2, -0.15) is 0 Å². The number of para-hydroxylation sites is 1. The normalized spacial score (nSPS) is 11.9. The summed E-state index contributed by atoms with van der Waals surface area (Å²) >= 11 is 4.55. The highest BCUT2D eigenvalue weighted by atomic mass is 79.9. The van der Waals surface area contributed by atoms with Crippen molar-refractivity contribution >= 4 is 33.4 Å². The molecule has 1 unspecified atom stereocenters. The highest BCUT2D eigenvalue weighted by Crippen LogP contribution is 2.28. The van der Waals surface area contributed by atoms with Gasteiger partial charge < -0.3 is 10.1 Å². The highest BCUT2D eigenvalue weighted by molar-refractivity contribution is 9.10. The molecule has 0 radical (unpaired) electrons. The summed E-state index contributed by atoms with van der Waals surface area (Å²) in [7, 11) is 1.55. The van der Waals surface area contributed by atoms with E-state index in [1.165, 1.54) is 11.5 Å². The Balaban J connectivity index is 2.26. The molecule has 1 atom stereocenters. The molecule has 0 spiro atoms. The molecule has 0 aliphatic rings. The van der Waals surface area contributed by atoms with Crippen LogP contribution in [0.4, 0.5) is 0 Å². The molecule has 5 nitrogen and oxygen atoms in total. The molecule has 94 valence electrons. The zero-order chi connectivity index (χ0) is 13.0. The van der Waals surface area contributed by atoms with E-state index in [2.05, 4.69) is 30.8 Å². The van der Waals surface area contributed by atoms with Crippen LogP contribution in [0.1, 0.15) is 11.8 Å². The molecule has 18 heavy (non-hydrogen) atoms. The van der Waals surface area contributed by atoms with Crippen LogP contribution < -0.4 is 10.1 Å². The summed E-state index contributed by atoms with van der Waals surface area (Å²) in [6.45, 7) is 0. The fourth-order valence-corrected chi connectivity index (χ4v) is 2.18. The number of benzene rings is 1. The van der Waals surface area contributed by atoms with Gasteiger partial charge in [0.2, 0.25) is 6.10 Å². The zero-order valence-corrected chi connectivity index (χ0v) is 11.9. The number of hydrogen-bond acceptors (Lipinski definition) is 5. The number of nitrogens with one attached hydrogen (secondary N) is 1. The second kappa shape index (κ2) is 5.92. The van der Waals surface area contributed by atoms with Crippen molar-refractivity contribution in [3.05, 3.63) is 39.8 Å². The van der Waals surface area contributed by atoms with Crippen molar-refractivity contribution in [1.29, 1.82) is 0 Å². The summed E-state index contributed by atoms with van der Waals surface area (Å²) in [4.78, 5) is 11.8. The van der Waals surface area contributed by atoms with Gasteiger partial charge in [-0.1, -0.05) is 16.6 Å². The van der Waals surface area contributed by atoms with Gasteiger partial charge in [0.05, 0.1) is 4.47 Å². The highest BCUT2D eigenvalue weighted by Gasteiger charge is 2.24. The third-order valence-electron chi connectivity index (χ3n) is 2.21. The minimum absolute atomic E-state index is 0.265. The quantitative estimate of drug-likeness (QED) is 0.934. The van der Waals surface area contributed by atoms with Gasteiger partial charge in [-0.25, -0.2) is 0 Å². The fraction of sp³-hybridized carbons (Fsp3) is 0.182. The molecule has 1 N–H and O–H groups in total. The summed E-state index contributed by atoms with van der Waals surface area (Å²) < 4.78 is 10.2. The van der Waals surface area contributed by atoms with Gasteiger partial charge in [0.15, 0.2) is 0 Å². The standard InChI is InChI=1S/C11H10BrN3O2S/c1-13-11(16)10(8-6-18-15-14-8)17-9-5-3-2-4-7(9)12/h2-6,10H,1H3,(H,13,16). The van der Waals surface area contributed by atoms with Crippen molar-refractivity contribution in [2.75, 3.05) is 7.05 Å². The summed E-state index contributed by atoms with van der Waals surface area (Å²) in [5.74, 6) is 0.317. The van der Waals surface area contributed by atoms with Gasteiger partial charge in [0.1, 0.15) is 11.4 Å². The first-order valence-corrected chi connectivity index (χ1v) is 6.75. The Morgan fingerprint density at radius 3 is 2.89 bits per heavy atom. The van der Waals surface area contributed by atoms with Crippen LogP contribution in [0.5, 0.6) is 5.75 Å². The molecule has 1 aromatic carbocycles. The number of ether oxygens (including phenoxy) is 1. The summed E-state index contributed by atoms with van der Waals surface area (Å²) in [6.07, 6.45) is -0.799. The van der Waals surface area contributed by atoms with Gasteiger partial charge in [0, 0.05) is 12.4 Å². The first kappa shape index (κ1) is 13.0. The molecule has 0 saturated heterocycles. The van der Waals surface area contributed by atoms with E-state index in [9.17, 15) is 4.79 Å². The third-order valence-corrected chi connectivity index (χ3v) is 3.39.